The number of hydrogen-bond donors (Lipinski definition) is 1. The second-order valence-electron chi connectivity index (χ2n) is 5.39. The molecule has 0 radical (unpaired) electrons. The predicted octanol–water partition coefficient (Wildman–Crippen LogP) is 2.43. The largest absolute Gasteiger partial charge is 0.358 e. The van der Waals surface area contributed by atoms with Crippen molar-refractivity contribution in [1.82, 2.24) is 9.88 Å². The highest BCUT2D eigenvalue weighted by Crippen LogP contribution is 2.36. The highest BCUT2D eigenvalue weighted by Gasteiger charge is 2.32. The van der Waals surface area contributed by atoms with E-state index in [1.807, 2.05) is 4.90 Å². The molecule has 18 heavy (non-hydrogen) atoms. The lowest BCUT2D eigenvalue weighted by Crippen LogP contribution is -2.38. The second-order valence-corrected chi connectivity index (χ2v) is 5.39. The number of fused-ring (bicyclic) bond motifs is 6. The number of nitrogens with one attached hydrogen (secondary N) is 1. The smallest absolute Gasteiger partial charge is 0.222 e. The normalized spacial score (nSPS) is 23.0. The van der Waals surface area contributed by atoms with E-state index >= 15 is 0 Å². The lowest BCUT2D eigenvalue weighted by atomic mass is 9.93. The summed E-state index contributed by atoms with van der Waals surface area (Å²) in [6.07, 6.45) is 2.69. The first-order valence-electron chi connectivity index (χ1n) is 6.70. The number of amides is 1. The Morgan fingerprint density at radius 2 is 2.11 bits per heavy atom. The molecule has 3 heterocycles. The van der Waals surface area contributed by atoms with Crippen LogP contribution in [0.1, 0.15) is 30.0 Å². The summed E-state index contributed by atoms with van der Waals surface area (Å²) < 4.78 is 0. The Bertz CT molecular complexity index is 628. The van der Waals surface area contributed by atoms with E-state index in [0.29, 0.717) is 18.2 Å². The first-order valence-corrected chi connectivity index (χ1v) is 6.70. The van der Waals surface area contributed by atoms with Gasteiger partial charge in [0.15, 0.2) is 0 Å². The van der Waals surface area contributed by atoms with E-state index < -0.39 is 0 Å². The van der Waals surface area contributed by atoms with Crippen molar-refractivity contribution >= 4 is 16.8 Å². The van der Waals surface area contributed by atoms with Crippen LogP contribution in [0, 0.1) is 0 Å². The van der Waals surface area contributed by atoms with E-state index in [9.17, 15) is 4.79 Å². The molecule has 1 unspecified atom stereocenters. The number of carbonyl (C=O) groups excluding carboxylic acids is 1. The van der Waals surface area contributed by atoms with E-state index in [0.717, 1.165) is 25.9 Å². The zero-order chi connectivity index (χ0) is 12.1. The van der Waals surface area contributed by atoms with Gasteiger partial charge in [0, 0.05) is 42.0 Å². The molecule has 2 bridgehead atoms. The molecule has 4 rings (SSSR count). The Labute approximate surface area is 106 Å². The van der Waals surface area contributed by atoms with Gasteiger partial charge < -0.3 is 9.88 Å². The van der Waals surface area contributed by atoms with Crippen LogP contribution >= 0.6 is 0 Å². The number of rotatable bonds is 0. The molecule has 1 aromatic heterocycles. The summed E-state index contributed by atoms with van der Waals surface area (Å²) in [5, 5.41) is 1.34. The Hall–Kier alpha value is -1.77. The predicted molar refractivity (Wildman–Crippen MR) is 70.6 cm³/mol. The molecule has 92 valence electrons. The minimum Gasteiger partial charge on any atom is -0.358 e. The number of piperidine rings is 1. The average Bonchev–Trinajstić information content (AvgIpc) is 2.69. The van der Waals surface area contributed by atoms with Crippen LogP contribution in [0.3, 0.4) is 0 Å². The van der Waals surface area contributed by atoms with Gasteiger partial charge in [-0.15, -0.1) is 0 Å². The SMILES string of the molecule is O=C1CCC2CN1CCc1c2[nH]c2ccccc12. The number of aromatic amines is 1. The highest BCUT2D eigenvalue weighted by atomic mass is 16.2. The maximum absolute atomic E-state index is 11.8. The molecule has 2 aliphatic heterocycles. The molecule has 2 aliphatic rings. The standard InChI is InChI=1S/C15H16N2O/c18-14-6-5-10-9-17(14)8-7-12-11-3-1-2-4-13(11)16-15(10)12/h1-4,10,16H,5-9H2. The van der Waals surface area contributed by atoms with Crippen LogP contribution in [0.4, 0.5) is 0 Å². The Balaban J connectivity index is 1.89. The summed E-state index contributed by atoms with van der Waals surface area (Å²) in [4.78, 5) is 17.4. The number of para-hydroxylation sites is 1. The molecule has 1 N–H and O–H groups in total. The lowest BCUT2D eigenvalue weighted by molar-refractivity contribution is -0.133. The molecule has 0 spiro atoms. The van der Waals surface area contributed by atoms with Crippen molar-refractivity contribution in [2.75, 3.05) is 13.1 Å². The molecule has 1 aromatic carbocycles. The number of aromatic nitrogens is 1. The van der Waals surface area contributed by atoms with Gasteiger partial charge in [0.25, 0.3) is 0 Å². The fourth-order valence-corrected chi connectivity index (χ4v) is 3.45. The van der Waals surface area contributed by atoms with Crippen molar-refractivity contribution in [2.24, 2.45) is 0 Å². The van der Waals surface area contributed by atoms with Crippen molar-refractivity contribution in [3.8, 4) is 0 Å². The number of carbonyl (C=O) groups is 1. The van der Waals surface area contributed by atoms with Crippen LogP contribution in [0.5, 0.6) is 0 Å². The molecule has 1 saturated heterocycles. The van der Waals surface area contributed by atoms with Gasteiger partial charge in [-0.05, 0) is 24.5 Å². The molecule has 1 fully saturated rings. The van der Waals surface area contributed by atoms with Crippen LogP contribution in [0.25, 0.3) is 10.9 Å². The van der Waals surface area contributed by atoms with E-state index in [1.165, 1.54) is 22.2 Å². The fourth-order valence-electron chi connectivity index (χ4n) is 3.45. The van der Waals surface area contributed by atoms with Crippen molar-refractivity contribution in [1.29, 1.82) is 0 Å². The van der Waals surface area contributed by atoms with Gasteiger partial charge in [0.2, 0.25) is 5.91 Å². The highest BCUT2D eigenvalue weighted by molar-refractivity contribution is 5.85. The topological polar surface area (TPSA) is 36.1 Å². The van der Waals surface area contributed by atoms with Crippen LogP contribution in [0.15, 0.2) is 24.3 Å². The Kier molecular flexibility index (Phi) is 2.04. The molecule has 0 saturated carbocycles. The number of benzene rings is 1. The summed E-state index contributed by atoms with van der Waals surface area (Å²) in [7, 11) is 0. The number of H-pyrrole nitrogens is 1. The summed E-state index contributed by atoms with van der Waals surface area (Å²) in [5.74, 6) is 0.841. The lowest BCUT2D eigenvalue weighted by Gasteiger charge is -2.29. The van der Waals surface area contributed by atoms with Crippen molar-refractivity contribution in [2.45, 2.75) is 25.2 Å². The summed E-state index contributed by atoms with van der Waals surface area (Å²) >= 11 is 0. The molecule has 3 nitrogen and oxygen atoms in total. The van der Waals surface area contributed by atoms with Crippen LogP contribution < -0.4 is 0 Å². The zero-order valence-electron chi connectivity index (χ0n) is 10.3. The third kappa shape index (κ3) is 1.33. The molecular formula is C15H16N2O. The van der Waals surface area contributed by atoms with Gasteiger partial charge in [-0.25, -0.2) is 0 Å². The minimum absolute atomic E-state index is 0.334. The summed E-state index contributed by atoms with van der Waals surface area (Å²) in [5.41, 5.74) is 4.06. The third-order valence-electron chi connectivity index (χ3n) is 4.39. The van der Waals surface area contributed by atoms with E-state index in [2.05, 4.69) is 29.2 Å². The van der Waals surface area contributed by atoms with E-state index in [4.69, 9.17) is 0 Å². The van der Waals surface area contributed by atoms with Gasteiger partial charge in [0.05, 0.1) is 0 Å². The molecule has 1 atom stereocenters. The van der Waals surface area contributed by atoms with Crippen molar-refractivity contribution in [3.05, 3.63) is 35.5 Å². The first kappa shape index (κ1) is 10.2. The van der Waals surface area contributed by atoms with Crippen LogP contribution in [-0.2, 0) is 11.2 Å². The van der Waals surface area contributed by atoms with E-state index in [-0.39, 0.29) is 0 Å². The molecular weight excluding hydrogens is 224 g/mol. The third-order valence-corrected chi connectivity index (χ3v) is 4.39. The second kappa shape index (κ2) is 3.61. The number of hydrogen-bond acceptors (Lipinski definition) is 1. The van der Waals surface area contributed by atoms with E-state index in [1.54, 1.807) is 0 Å². The summed E-state index contributed by atoms with van der Waals surface area (Å²) in [6, 6.07) is 8.51. The molecule has 2 aromatic rings. The maximum Gasteiger partial charge on any atom is 0.222 e. The van der Waals surface area contributed by atoms with Gasteiger partial charge in [0.1, 0.15) is 0 Å². The summed E-state index contributed by atoms with van der Waals surface area (Å²) in [6.45, 7) is 1.78. The quantitative estimate of drug-likeness (QED) is 0.754. The van der Waals surface area contributed by atoms with Gasteiger partial charge in [-0.3, -0.25) is 4.79 Å². The number of nitrogens with zero attached hydrogens (tertiary/aromatic N) is 1. The average molecular weight is 240 g/mol. The van der Waals surface area contributed by atoms with Crippen molar-refractivity contribution in [3.63, 3.8) is 0 Å². The van der Waals surface area contributed by atoms with Crippen LogP contribution in [-0.4, -0.2) is 28.9 Å². The fraction of sp³-hybridized carbons (Fsp3) is 0.400. The monoisotopic (exact) mass is 240 g/mol. The van der Waals surface area contributed by atoms with Crippen molar-refractivity contribution < 1.29 is 4.79 Å². The van der Waals surface area contributed by atoms with Gasteiger partial charge in [-0.1, -0.05) is 18.2 Å². The molecule has 3 heteroatoms. The van der Waals surface area contributed by atoms with Gasteiger partial charge in [-0.2, -0.15) is 0 Å². The van der Waals surface area contributed by atoms with Gasteiger partial charge >= 0.3 is 0 Å². The maximum atomic E-state index is 11.8. The Morgan fingerprint density at radius 3 is 3.06 bits per heavy atom. The first-order chi connectivity index (χ1) is 8.83. The molecule has 0 aliphatic carbocycles. The zero-order valence-corrected chi connectivity index (χ0v) is 10.3. The minimum atomic E-state index is 0.334. The molecule has 1 amide bonds. The Morgan fingerprint density at radius 1 is 1.22 bits per heavy atom. The van der Waals surface area contributed by atoms with Crippen LogP contribution in [0.2, 0.25) is 0 Å².